The van der Waals surface area contributed by atoms with Crippen molar-refractivity contribution in [2.24, 2.45) is 16.0 Å². The van der Waals surface area contributed by atoms with Crippen molar-refractivity contribution in [3.8, 4) is 0 Å². The normalized spacial score (nSPS) is 23.2. The first kappa shape index (κ1) is 18.7. The van der Waals surface area contributed by atoms with Crippen LogP contribution in [0.3, 0.4) is 0 Å². The molecule has 1 atom stereocenters. The lowest BCUT2D eigenvalue weighted by Gasteiger charge is -2.35. The number of rotatable bonds is 1. The molecule has 2 aliphatic rings. The standard InChI is InChI=1S/C21H24ClNO3/c1-19(2,3)14-11-16(20(4,5)6)17(24)21(12-14)25-18(23-26-21)13-8-7-9-15(22)10-13/h7-12H,1-6H3. The fourth-order valence-corrected chi connectivity index (χ4v) is 3.07. The zero-order valence-electron chi connectivity index (χ0n) is 16.0. The summed E-state index contributed by atoms with van der Waals surface area (Å²) in [6.45, 7) is 12.3. The molecule has 138 valence electrons. The van der Waals surface area contributed by atoms with Gasteiger partial charge in [-0.2, -0.15) is 0 Å². The van der Waals surface area contributed by atoms with Crippen molar-refractivity contribution in [3.63, 3.8) is 0 Å². The molecule has 4 nitrogen and oxygen atoms in total. The molecule has 0 amide bonds. The summed E-state index contributed by atoms with van der Waals surface area (Å²) in [4.78, 5) is 18.9. The van der Waals surface area contributed by atoms with Gasteiger partial charge in [-0.25, -0.2) is 0 Å². The smallest absolute Gasteiger partial charge is 0.361 e. The number of halogens is 1. The van der Waals surface area contributed by atoms with Crippen molar-refractivity contribution in [1.82, 2.24) is 0 Å². The van der Waals surface area contributed by atoms with Gasteiger partial charge in [-0.3, -0.25) is 4.79 Å². The molecule has 1 heterocycles. The van der Waals surface area contributed by atoms with Crippen LogP contribution in [0.15, 0.2) is 52.7 Å². The predicted molar refractivity (Wildman–Crippen MR) is 103 cm³/mol. The molecule has 1 unspecified atom stereocenters. The third-order valence-electron chi connectivity index (χ3n) is 4.46. The van der Waals surface area contributed by atoms with Crippen molar-refractivity contribution in [2.75, 3.05) is 0 Å². The fraction of sp³-hybridized carbons (Fsp3) is 0.429. The zero-order valence-corrected chi connectivity index (χ0v) is 16.8. The number of Topliss-reactive ketones (excluding diaryl/α,β-unsaturated/α-hetero) is 1. The lowest BCUT2D eigenvalue weighted by molar-refractivity contribution is -0.162. The molecule has 0 radical (unpaired) electrons. The molecule has 1 aromatic rings. The molecule has 0 saturated heterocycles. The van der Waals surface area contributed by atoms with Gasteiger partial charge in [0.1, 0.15) is 0 Å². The number of oxime groups is 1. The number of nitrogens with zero attached hydrogens (tertiary/aromatic N) is 1. The Morgan fingerprint density at radius 2 is 1.77 bits per heavy atom. The van der Waals surface area contributed by atoms with E-state index in [-0.39, 0.29) is 22.5 Å². The maximum Gasteiger partial charge on any atom is 0.361 e. The van der Waals surface area contributed by atoms with Gasteiger partial charge in [0.15, 0.2) is 0 Å². The Hall–Kier alpha value is -2.07. The van der Waals surface area contributed by atoms with Gasteiger partial charge in [0.05, 0.1) is 0 Å². The molecule has 1 aliphatic carbocycles. The van der Waals surface area contributed by atoms with Crippen LogP contribution in [0.2, 0.25) is 5.02 Å². The first-order valence-corrected chi connectivity index (χ1v) is 9.02. The van der Waals surface area contributed by atoms with Crippen molar-refractivity contribution in [3.05, 3.63) is 58.1 Å². The van der Waals surface area contributed by atoms with Gasteiger partial charge in [0.2, 0.25) is 5.78 Å². The summed E-state index contributed by atoms with van der Waals surface area (Å²) >= 11 is 6.06. The van der Waals surface area contributed by atoms with E-state index < -0.39 is 5.79 Å². The third kappa shape index (κ3) is 3.30. The van der Waals surface area contributed by atoms with E-state index >= 15 is 0 Å². The Balaban J connectivity index is 2.03. The van der Waals surface area contributed by atoms with Crippen LogP contribution in [0.25, 0.3) is 0 Å². The van der Waals surface area contributed by atoms with E-state index in [2.05, 4.69) is 25.9 Å². The van der Waals surface area contributed by atoms with Crippen LogP contribution in [-0.2, 0) is 14.4 Å². The van der Waals surface area contributed by atoms with Crippen LogP contribution in [0, 0.1) is 10.8 Å². The minimum Gasteiger partial charge on any atom is -0.420 e. The first-order valence-electron chi connectivity index (χ1n) is 8.64. The molecule has 1 aromatic carbocycles. The van der Waals surface area contributed by atoms with E-state index in [4.69, 9.17) is 21.2 Å². The zero-order chi connectivity index (χ0) is 19.3. The number of carbonyl (C=O) groups is 1. The predicted octanol–water partition coefficient (Wildman–Crippen LogP) is 5.27. The van der Waals surface area contributed by atoms with E-state index in [0.29, 0.717) is 16.2 Å². The van der Waals surface area contributed by atoms with Crippen molar-refractivity contribution in [1.29, 1.82) is 0 Å². The molecular formula is C21H24ClNO3. The Kier molecular flexibility index (Phi) is 4.31. The van der Waals surface area contributed by atoms with Gasteiger partial charge in [0, 0.05) is 22.2 Å². The first-order chi connectivity index (χ1) is 11.9. The molecule has 0 bridgehead atoms. The number of benzene rings is 1. The summed E-state index contributed by atoms with van der Waals surface area (Å²) in [6.07, 6.45) is 3.70. The molecule has 3 rings (SSSR count). The highest BCUT2D eigenvalue weighted by molar-refractivity contribution is 6.31. The third-order valence-corrected chi connectivity index (χ3v) is 4.70. The number of ether oxygens (including phenoxy) is 1. The fourth-order valence-electron chi connectivity index (χ4n) is 2.88. The Labute approximate surface area is 159 Å². The maximum atomic E-state index is 13.3. The van der Waals surface area contributed by atoms with Crippen molar-refractivity contribution in [2.45, 2.75) is 47.3 Å². The van der Waals surface area contributed by atoms with E-state index in [9.17, 15) is 4.79 Å². The highest BCUT2D eigenvalue weighted by Crippen LogP contribution is 2.43. The quantitative estimate of drug-likeness (QED) is 0.673. The molecule has 1 aliphatic heterocycles. The van der Waals surface area contributed by atoms with Crippen LogP contribution in [-0.4, -0.2) is 17.5 Å². The molecule has 0 N–H and O–H groups in total. The second kappa shape index (κ2) is 5.98. The second-order valence-corrected chi connectivity index (χ2v) is 9.19. The number of allylic oxidation sites excluding steroid dienone is 2. The summed E-state index contributed by atoms with van der Waals surface area (Å²) in [5.74, 6) is -1.53. The maximum absolute atomic E-state index is 13.3. The SMILES string of the molecule is CC(C)(C)C1=CC2(ON=C(c3cccc(Cl)c3)O2)C(=O)C(C(C)(C)C)=C1. The topological polar surface area (TPSA) is 47.9 Å². The average molecular weight is 374 g/mol. The van der Waals surface area contributed by atoms with Gasteiger partial charge < -0.3 is 9.57 Å². The minimum atomic E-state index is -1.56. The number of carbonyl (C=O) groups excluding carboxylic acids is 1. The number of ketones is 1. The van der Waals surface area contributed by atoms with Crippen LogP contribution < -0.4 is 0 Å². The van der Waals surface area contributed by atoms with Crippen LogP contribution in [0.1, 0.15) is 47.1 Å². The Morgan fingerprint density at radius 3 is 2.35 bits per heavy atom. The Bertz CT molecular complexity index is 853. The van der Waals surface area contributed by atoms with Crippen LogP contribution >= 0.6 is 11.6 Å². The van der Waals surface area contributed by atoms with Gasteiger partial charge in [-0.15, -0.1) is 0 Å². The van der Waals surface area contributed by atoms with E-state index in [1.807, 2.05) is 32.9 Å². The highest BCUT2D eigenvalue weighted by atomic mass is 35.5. The van der Waals surface area contributed by atoms with Gasteiger partial charge in [-0.1, -0.05) is 65.3 Å². The number of hydrogen-bond acceptors (Lipinski definition) is 4. The Morgan fingerprint density at radius 1 is 1.08 bits per heavy atom. The molecule has 0 aromatic heterocycles. The van der Waals surface area contributed by atoms with Crippen molar-refractivity contribution < 1.29 is 14.4 Å². The molecule has 0 saturated carbocycles. The van der Waals surface area contributed by atoms with E-state index in [0.717, 1.165) is 5.57 Å². The molecular weight excluding hydrogens is 350 g/mol. The molecule has 5 heteroatoms. The van der Waals surface area contributed by atoms with Crippen molar-refractivity contribution >= 4 is 23.3 Å². The molecule has 26 heavy (non-hydrogen) atoms. The lowest BCUT2D eigenvalue weighted by Crippen LogP contribution is -2.45. The summed E-state index contributed by atoms with van der Waals surface area (Å²) in [6, 6.07) is 7.11. The minimum absolute atomic E-state index is 0.171. The van der Waals surface area contributed by atoms with E-state index in [1.165, 1.54) is 0 Å². The summed E-state index contributed by atoms with van der Waals surface area (Å²) in [5, 5.41) is 4.61. The average Bonchev–Trinajstić information content (AvgIpc) is 2.93. The highest BCUT2D eigenvalue weighted by Gasteiger charge is 2.53. The summed E-state index contributed by atoms with van der Waals surface area (Å²) in [7, 11) is 0. The van der Waals surface area contributed by atoms with Gasteiger partial charge in [0.25, 0.3) is 5.90 Å². The van der Waals surface area contributed by atoms with Crippen LogP contribution in [0.4, 0.5) is 0 Å². The van der Waals surface area contributed by atoms with Gasteiger partial charge in [-0.05, 0) is 39.8 Å². The summed E-state index contributed by atoms with van der Waals surface area (Å²) < 4.78 is 6.00. The van der Waals surface area contributed by atoms with Gasteiger partial charge >= 0.3 is 5.79 Å². The molecule has 1 spiro atoms. The largest absolute Gasteiger partial charge is 0.420 e. The van der Waals surface area contributed by atoms with E-state index in [1.54, 1.807) is 24.3 Å². The second-order valence-electron chi connectivity index (χ2n) is 8.75. The molecule has 0 fully saturated rings. The van der Waals surface area contributed by atoms with Crippen LogP contribution in [0.5, 0.6) is 0 Å². The lowest BCUT2D eigenvalue weighted by atomic mass is 9.73. The summed E-state index contributed by atoms with van der Waals surface area (Å²) in [5.41, 5.74) is 1.78. The monoisotopic (exact) mass is 373 g/mol. The number of hydrogen-bond donors (Lipinski definition) is 0.